The zero-order chi connectivity index (χ0) is 18.1. The van der Waals surface area contributed by atoms with Gasteiger partial charge in [-0.05, 0) is 42.5 Å². The van der Waals surface area contributed by atoms with Gasteiger partial charge in [-0.2, -0.15) is 0 Å². The monoisotopic (exact) mass is 358 g/mol. The Balaban J connectivity index is 1.87. The zero-order valence-corrected chi connectivity index (χ0v) is 14.3. The molecule has 2 heterocycles. The van der Waals surface area contributed by atoms with Crippen LogP contribution in [0.25, 0.3) is 10.2 Å². The molecule has 0 spiro atoms. The van der Waals surface area contributed by atoms with Crippen molar-refractivity contribution in [3.63, 3.8) is 0 Å². The summed E-state index contributed by atoms with van der Waals surface area (Å²) in [6.07, 6.45) is 1.30. The molecule has 1 N–H and O–H groups in total. The van der Waals surface area contributed by atoms with Crippen LogP contribution in [0.5, 0.6) is 0 Å². The molecule has 0 aliphatic rings. The van der Waals surface area contributed by atoms with Crippen LogP contribution in [0.4, 0.5) is 11.4 Å². The SMILES string of the molecule is Cc1cc(NC(=O)Cn2cnc3sccc3c2=O)c([N+](=O)[O-])cc1C. The molecule has 0 aliphatic heterocycles. The molecule has 1 aromatic carbocycles. The van der Waals surface area contributed by atoms with Crippen molar-refractivity contribution in [2.24, 2.45) is 0 Å². The molecule has 9 heteroatoms. The third-order valence-corrected chi connectivity index (χ3v) is 4.67. The lowest BCUT2D eigenvalue weighted by Crippen LogP contribution is -2.27. The van der Waals surface area contributed by atoms with E-state index in [4.69, 9.17) is 0 Å². The summed E-state index contributed by atoms with van der Waals surface area (Å²) in [5.41, 5.74) is 1.18. The van der Waals surface area contributed by atoms with Crippen LogP contribution in [-0.4, -0.2) is 20.4 Å². The molecule has 0 saturated heterocycles. The molecule has 0 saturated carbocycles. The largest absolute Gasteiger partial charge is 0.319 e. The molecule has 0 fully saturated rings. The van der Waals surface area contributed by atoms with Gasteiger partial charge in [0, 0.05) is 6.07 Å². The van der Waals surface area contributed by atoms with E-state index in [9.17, 15) is 19.7 Å². The van der Waals surface area contributed by atoms with Gasteiger partial charge in [0.1, 0.15) is 17.1 Å². The molecule has 1 amide bonds. The normalized spacial score (nSPS) is 10.8. The van der Waals surface area contributed by atoms with Gasteiger partial charge in [-0.3, -0.25) is 24.3 Å². The number of carbonyl (C=O) groups excluding carboxylic acids is 1. The number of thiophene rings is 1. The van der Waals surface area contributed by atoms with E-state index in [2.05, 4.69) is 10.3 Å². The van der Waals surface area contributed by atoms with E-state index in [-0.39, 0.29) is 23.5 Å². The van der Waals surface area contributed by atoms with Crippen molar-refractivity contribution in [3.05, 3.63) is 61.5 Å². The topological polar surface area (TPSA) is 107 Å². The maximum atomic E-state index is 12.3. The van der Waals surface area contributed by atoms with Crippen LogP contribution >= 0.6 is 11.3 Å². The fourth-order valence-electron chi connectivity index (χ4n) is 2.40. The molecule has 0 radical (unpaired) electrons. The Morgan fingerprint density at radius 1 is 1.36 bits per heavy atom. The highest BCUT2D eigenvalue weighted by Crippen LogP contribution is 2.27. The van der Waals surface area contributed by atoms with Gasteiger partial charge in [0.2, 0.25) is 5.91 Å². The Morgan fingerprint density at radius 2 is 2.08 bits per heavy atom. The van der Waals surface area contributed by atoms with Crippen molar-refractivity contribution >= 4 is 38.8 Å². The van der Waals surface area contributed by atoms with Gasteiger partial charge in [0.25, 0.3) is 11.2 Å². The smallest absolute Gasteiger partial charge is 0.293 e. The number of rotatable bonds is 4. The Bertz CT molecular complexity index is 1050. The number of nitrogens with one attached hydrogen (secondary N) is 1. The molecule has 2 aromatic heterocycles. The van der Waals surface area contributed by atoms with Crippen LogP contribution in [0.1, 0.15) is 11.1 Å². The Morgan fingerprint density at radius 3 is 2.80 bits per heavy atom. The van der Waals surface area contributed by atoms with Crippen LogP contribution in [0.3, 0.4) is 0 Å². The fraction of sp³-hybridized carbons (Fsp3) is 0.188. The summed E-state index contributed by atoms with van der Waals surface area (Å²) >= 11 is 1.34. The Hall–Kier alpha value is -3.07. The highest BCUT2D eigenvalue weighted by atomic mass is 32.1. The second-order valence-corrected chi connectivity index (χ2v) is 6.47. The molecule has 0 atom stereocenters. The summed E-state index contributed by atoms with van der Waals surface area (Å²) in [5.74, 6) is -0.537. The number of nitrogens with zero attached hydrogens (tertiary/aromatic N) is 3. The highest BCUT2D eigenvalue weighted by Gasteiger charge is 2.18. The third-order valence-electron chi connectivity index (χ3n) is 3.85. The number of nitro groups is 1. The lowest BCUT2D eigenvalue weighted by Gasteiger charge is -2.10. The minimum Gasteiger partial charge on any atom is -0.319 e. The van der Waals surface area contributed by atoms with Crippen molar-refractivity contribution in [2.45, 2.75) is 20.4 Å². The summed E-state index contributed by atoms with van der Waals surface area (Å²) < 4.78 is 1.18. The molecule has 3 rings (SSSR count). The van der Waals surface area contributed by atoms with Crippen molar-refractivity contribution < 1.29 is 9.72 Å². The number of benzene rings is 1. The first-order chi connectivity index (χ1) is 11.9. The van der Waals surface area contributed by atoms with Gasteiger partial charge in [-0.1, -0.05) is 0 Å². The van der Waals surface area contributed by atoms with Gasteiger partial charge in [0.05, 0.1) is 16.6 Å². The summed E-state index contributed by atoms with van der Waals surface area (Å²) in [4.78, 5) is 39.9. The van der Waals surface area contributed by atoms with E-state index < -0.39 is 10.8 Å². The summed E-state index contributed by atoms with van der Waals surface area (Å²) in [6.45, 7) is 3.28. The molecule has 128 valence electrons. The summed E-state index contributed by atoms with van der Waals surface area (Å²) in [6, 6.07) is 4.61. The first-order valence-corrected chi connectivity index (χ1v) is 8.23. The van der Waals surface area contributed by atoms with Crippen LogP contribution < -0.4 is 10.9 Å². The average molecular weight is 358 g/mol. The predicted octanol–water partition coefficient (Wildman–Crippen LogP) is 2.62. The van der Waals surface area contributed by atoms with E-state index in [1.807, 2.05) is 0 Å². The van der Waals surface area contributed by atoms with E-state index in [0.717, 1.165) is 11.1 Å². The minimum absolute atomic E-state index is 0.107. The van der Waals surface area contributed by atoms with Gasteiger partial charge in [-0.25, -0.2) is 4.98 Å². The van der Waals surface area contributed by atoms with E-state index in [1.54, 1.807) is 31.4 Å². The molecular weight excluding hydrogens is 344 g/mol. The lowest BCUT2D eigenvalue weighted by molar-refractivity contribution is -0.384. The summed E-state index contributed by atoms with van der Waals surface area (Å²) in [7, 11) is 0. The number of aromatic nitrogens is 2. The van der Waals surface area contributed by atoms with Gasteiger partial charge in [0.15, 0.2) is 0 Å². The van der Waals surface area contributed by atoms with Crippen molar-refractivity contribution in [1.82, 2.24) is 9.55 Å². The molecule has 0 bridgehead atoms. The van der Waals surface area contributed by atoms with Gasteiger partial charge < -0.3 is 5.32 Å². The first kappa shape index (κ1) is 16.8. The number of hydrogen-bond donors (Lipinski definition) is 1. The number of fused-ring (bicyclic) bond motifs is 1. The standard InChI is InChI=1S/C16H14N4O4S/c1-9-5-12(13(20(23)24)6-10(9)2)18-14(21)7-19-8-17-15-11(16(19)22)3-4-25-15/h3-6,8H,7H2,1-2H3,(H,18,21). The lowest BCUT2D eigenvalue weighted by atomic mass is 10.1. The van der Waals surface area contributed by atoms with Gasteiger partial charge in [-0.15, -0.1) is 11.3 Å². The van der Waals surface area contributed by atoms with E-state index in [0.29, 0.717) is 10.2 Å². The van der Waals surface area contributed by atoms with E-state index in [1.165, 1.54) is 28.3 Å². The van der Waals surface area contributed by atoms with Crippen LogP contribution in [-0.2, 0) is 11.3 Å². The number of anilines is 1. The quantitative estimate of drug-likeness (QED) is 0.570. The summed E-state index contributed by atoms with van der Waals surface area (Å²) in [5, 5.41) is 15.9. The second kappa shape index (κ2) is 6.44. The van der Waals surface area contributed by atoms with Gasteiger partial charge >= 0.3 is 0 Å². The maximum absolute atomic E-state index is 12.3. The predicted molar refractivity (Wildman–Crippen MR) is 95.1 cm³/mol. The maximum Gasteiger partial charge on any atom is 0.293 e. The minimum atomic E-state index is -0.548. The Kier molecular flexibility index (Phi) is 4.32. The number of amides is 1. The van der Waals surface area contributed by atoms with Crippen molar-refractivity contribution in [1.29, 1.82) is 0 Å². The fourth-order valence-corrected chi connectivity index (χ4v) is 3.13. The highest BCUT2D eigenvalue weighted by molar-refractivity contribution is 7.16. The van der Waals surface area contributed by atoms with Crippen LogP contribution in [0.15, 0.2) is 34.7 Å². The van der Waals surface area contributed by atoms with Crippen LogP contribution in [0, 0.1) is 24.0 Å². The number of carbonyl (C=O) groups is 1. The Labute approximate surface area is 145 Å². The molecule has 8 nitrogen and oxygen atoms in total. The zero-order valence-electron chi connectivity index (χ0n) is 13.5. The van der Waals surface area contributed by atoms with E-state index >= 15 is 0 Å². The molecular formula is C16H14N4O4S. The number of hydrogen-bond acceptors (Lipinski definition) is 6. The van der Waals surface area contributed by atoms with Crippen molar-refractivity contribution in [3.8, 4) is 0 Å². The average Bonchev–Trinajstić information content (AvgIpc) is 3.02. The van der Waals surface area contributed by atoms with Crippen molar-refractivity contribution in [2.75, 3.05) is 5.32 Å². The molecule has 0 unspecified atom stereocenters. The number of nitro benzene ring substituents is 1. The molecule has 3 aromatic rings. The number of aryl methyl sites for hydroxylation is 2. The molecule has 25 heavy (non-hydrogen) atoms. The van der Waals surface area contributed by atoms with Crippen LogP contribution in [0.2, 0.25) is 0 Å². The second-order valence-electron chi connectivity index (χ2n) is 5.58. The molecule has 0 aliphatic carbocycles. The third kappa shape index (κ3) is 3.26. The first-order valence-electron chi connectivity index (χ1n) is 7.35.